The van der Waals surface area contributed by atoms with Gasteiger partial charge in [0.25, 0.3) is 0 Å². The molecule has 0 aliphatic carbocycles. The maximum Gasteiger partial charge on any atom is 0.105 e. The molecule has 0 aliphatic heterocycles. The van der Waals surface area contributed by atoms with Crippen molar-refractivity contribution in [3.63, 3.8) is 0 Å². The smallest absolute Gasteiger partial charge is 0.105 e. The number of nitrogens with one attached hydrogen (secondary N) is 1. The number of hydrogen-bond donors (Lipinski definition) is 1. The number of methoxy groups -OCH3 is 1. The second-order valence-corrected chi connectivity index (χ2v) is 3.93. The highest BCUT2D eigenvalue weighted by Crippen LogP contribution is 2.07. The molecule has 0 saturated carbocycles. The maximum absolute atomic E-state index is 5.05. The molecular weight excluding hydrogens is 202 g/mol. The van der Waals surface area contributed by atoms with Crippen LogP contribution in [0, 0.1) is 6.92 Å². The van der Waals surface area contributed by atoms with Crippen LogP contribution >= 0.6 is 0 Å². The van der Waals surface area contributed by atoms with Gasteiger partial charge in [-0.3, -0.25) is 0 Å². The highest BCUT2D eigenvalue weighted by atomic mass is 16.5. The lowest BCUT2D eigenvalue weighted by atomic mass is 10.3. The van der Waals surface area contributed by atoms with Gasteiger partial charge < -0.3 is 14.6 Å². The Labute approximate surface area is 98.0 Å². The summed E-state index contributed by atoms with van der Waals surface area (Å²) in [6.45, 7) is 7.96. The van der Waals surface area contributed by atoms with Crippen LogP contribution < -0.4 is 5.32 Å². The van der Waals surface area contributed by atoms with Crippen molar-refractivity contribution in [3.8, 4) is 0 Å². The molecule has 0 atom stereocenters. The number of ether oxygens (including phenoxy) is 1. The maximum atomic E-state index is 5.05. The number of hydrogen-bond acceptors (Lipinski definition) is 3. The minimum absolute atomic E-state index is 0.844. The first kappa shape index (κ1) is 13.2. The van der Waals surface area contributed by atoms with Gasteiger partial charge in [-0.05, 0) is 26.3 Å². The SMILES string of the molecule is CCNCc1cnc(C)n1CCCCOC. The van der Waals surface area contributed by atoms with E-state index in [2.05, 4.69) is 28.7 Å². The second-order valence-electron chi connectivity index (χ2n) is 3.93. The van der Waals surface area contributed by atoms with Crippen LogP contribution in [-0.4, -0.2) is 29.8 Å². The van der Waals surface area contributed by atoms with Gasteiger partial charge in [0.05, 0.1) is 5.69 Å². The lowest BCUT2D eigenvalue weighted by Gasteiger charge is -2.10. The molecule has 1 aromatic rings. The molecule has 0 bridgehead atoms. The Morgan fingerprint density at radius 2 is 2.25 bits per heavy atom. The molecule has 0 fully saturated rings. The van der Waals surface area contributed by atoms with E-state index in [1.807, 2.05) is 6.20 Å². The molecule has 4 heteroatoms. The Morgan fingerprint density at radius 1 is 1.44 bits per heavy atom. The summed E-state index contributed by atoms with van der Waals surface area (Å²) in [4.78, 5) is 4.36. The fourth-order valence-electron chi connectivity index (χ4n) is 1.73. The van der Waals surface area contributed by atoms with Crippen molar-refractivity contribution in [3.05, 3.63) is 17.7 Å². The summed E-state index contributed by atoms with van der Waals surface area (Å²) in [6.07, 6.45) is 4.22. The van der Waals surface area contributed by atoms with Gasteiger partial charge in [0, 0.05) is 33.0 Å². The fraction of sp³-hybridized carbons (Fsp3) is 0.750. The number of unbranched alkanes of at least 4 members (excludes halogenated alkanes) is 1. The van der Waals surface area contributed by atoms with Crippen molar-refractivity contribution in [1.29, 1.82) is 0 Å². The van der Waals surface area contributed by atoms with Gasteiger partial charge in [0.15, 0.2) is 0 Å². The summed E-state index contributed by atoms with van der Waals surface area (Å²) in [7, 11) is 1.75. The van der Waals surface area contributed by atoms with Gasteiger partial charge in [-0.25, -0.2) is 4.98 Å². The third kappa shape index (κ3) is 3.94. The Morgan fingerprint density at radius 3 is 2.94 bits per heavy atom. The van der Waals surface area contributed by atoms with Crippen LogP contribution in [-0.2, 0) is 17.8 Å². The molecule has 92 valence electrons. The Kier molecular flexibility index (Phi) is 6.11. The zero-order valence-electron chi connectivity index (χ0n) is 10.6. The standard InChI is InChI=1S/C12H23N3O/c1-4-13-9-12-10-14-11(2)15(12)7-5-6-8-16-3/h10,13H,4-9H2,1-3H3. The first-order valence-corrected chi connectivity index (χ1v) is 6.00. The number of aromatic nitrogens is 2. The third-order valence-electron chi connectivity index (χ3n) is 2.67. The van der Waals surface area contributed by atoms with Gasteiger partial charge in [-0.2, -0.15) is 0 Å². The summed E-state index contributed by atoms with van der Waals surface area (Å²) < 4.78 is 7.34. The van der Waals surface area contributed by atoms with Crippen molar-refractivity contribution >= 4 is 0 Å². The summed E-state index contributed by atoms with van der Waals surface area (Å²) in [5.74, 6) is 1.10. The van der Waals surface area contributed by atoms with E-state index < -0.39 is 0 Å². The zero-order valence-corrected chi connectivity index (χ0v) is 10.6. The molecule has 0 unspecified atom stereocenters. The van der Waals surface area contributed by atoms with E-state index in [4.69, 9.17) is 4.74 Å². The summed E-state index contributed by atoms with van der Waals surface area (Å²) in [5, 5.41) is 3.33. The lowest BCUT2D eigenvalue weighted by Crippen LogP contribution is -2.16. The Bertz CT molecular complexity index is 296. The van der Waals surface area contributed by atoms with E-state index in [1.165, 1.54) is 5.69 Å². The second kappa shape index (κ2) is 7.41. The summed E-state index contributed by atoms with van der Waals surface area (Å²) in [6, 6.07) is 0. The molecule has 1 aromatic heterocycles. The molecule has 0 aliphatic rings. The summed E-state index contributed by atoms with van der Waals surface area (Å²) >= 11 is 0. The predicted octanol–water partition coefficient (Wildman–Crippen LogP) is 1.73. The lowest BCUT2D eigenvalue weighted by molar-refractivity contribution is 0.191. The van der Waals surface area contributed by atoms with E-state index >= 15 is 0 Å². The van der Waals surface area contributed by atoms with Crippen LogP contribution in [0.2, 0.25) is 0 Å². The van der Waals surface area contributed by atoms with Crippen molar-refractivity contribution in [2.45, 2.75) is 39.8 Å². The molecule has 0 saturated heterocycles. The average Bonchev–Trinajstić information content (AvgIpc) is 2.63. The largest absolute Gasteiger partial charge is 0.385 e. The van der Waals surface area contributed by atoms with E-state index in [1.54, 1.807) is 7.11 Å². The molecule has 0 spiro atoms. The molecule has 1 N–H and O–H groups in total. The minimum Gasteiger partial charge on any atom is -0.385 e. The van der Waals surface area contributed by atoms with Crippen LogP contribution in [0.3, 0.4) is 0 Å². The van der Waals surface area contributed by atoms with Crippen LogP contribution in [0.4, 0.5) is 0 Å². The van der Waals surface area contributed by atoms with Gasteiger partial charge >= 0.3 is 0 Å². The molecule has 1 heterocycles. The third-order valence-corrected chi connectivity index (χ3v) is 2.67. The monoisotopic (exact) mass is 225 g/mol. The number of nitrogens with zero attached hydrogens (tertiary/aromatic N) is 2. The highest BCUT2D eigenvalue weighted by Gasteiger charge is 2.05. The van der Waals surface area contributed by atoms with Gasteiger partial charge in [-0.1, -0.05) is 6.92 Å². The van der Waals surface area contributed by atoms with Gasteiger partial charge in [0.1, 0.15) is 5.82 Å². The quantitative estimate of drug-likeness (QED) is 0.685. The van der Waals surface area contributed by atoms with Crippen molar-refractivity contribution < 1.29 is 4.74 Å². The van der Waals surface area contributed by atoms with Crippen molar-refractivity contribution in [1.82, 2.24) is 14.9 Å². The number of aryl methyl sites for hydroxylation is 1. The Hall–Kier alpha value is -0.870. The van der Waals surface area contributed by atoms with Crippen LogP contribution in [0.25, 0.3) is 0 Å². The van der Waals surface area contributed by atoms with Gasteiger partial charge in [0.2, 0.25) is 0 Å². The molecule has 0 radical (unpaired) electrons. The zero-order chi connectivity index (χ0) is 11.8. The van der Waals surface area contributed by atoms with Crippen LogP contribution in [0.15, 0.2) is 6.20 Å². The number of imidazole rings is 1. The molecule has 0 amide bonds. The summed E-state index contributed by atoms with van der Waals surface area (Å²) in [5.41, 5.74) is 1.27. The van der Waals surface area contributed by atoms with E-state index in [-0.39, 0.29) is 0 Å². The first-order valence-electron chi connectivity index (χ1n) is 6.00. The van der Waals surface area contributed by atoms with E-state index in [9.17, 15) is 0 Å². The van der Waals surface area contributed by atoms with E-state index in [0.717, 1.165) is 44.9 Å². The highest BCUT2D eigenvalue weighted by molar-refractivity contribution is 5.04. The first-order chi connectivity index (χ1) is 7.79. The number of rotatable bonds is 8. The van der Waals surface area contributed by atoms with Crippen molar-refractivity contribution in [2.75, 3.05) is 20.3 Å². The molecule has 4 nitrogen and oxygen atoms in total. The normalized spacial score (nSPS) is 10.9. The molecule has 0 aromatic carbocycles. The fourth-order valence-corrected chi connectivity index (χ4v) is 1.73. The van der Waals surface area contributed by atoms with E-state index in [0.29, 0.717) is 0 Å². The predicted molar refractivity (Wildman–Crippen MR) is 65.5 cm³/mol. The Balaban J connectivity index is 2.45. The molecule has 16 heavy (non-hydrogen) atoms. The van der Waals surface area contributed by atoms with Crippen LogP contribution in [0.1, 0.15) is 31.3 Å². The van der Waals surface area contributed by atoms with Gasteiger partial charge in [-0.15, -0.1) is 0 Å². The van der Waals surface area contributed by atoms with Crippen LogP contribution in [0.5, 0.6) is 0 Å². The molecule has 1 rings (SSSR count). The molecular formula is C12H23N3O. The topological polar surface area (TPSA) is 39.1 Å². The minimum atomic E-state index is 0.844. The van der Waals surface area contributed by atoms with Crippen molar-refractivity contribution in [2.24, 2.45) is 0 Å². The average molecular weight is 225 g/mol.